The summed E-state index contributed by atoms with van der Waals surface area (Å²) >= 11 is 0. The van der Waals surface area contributed by atoms with Crippen molar-refractivity contribution < 1.29 is 8.42 Å². The Morgan fingerprint density at radius 2 is 1.47 bits per heavy atom. The zero-order valence-corrected chi connectivity index (χ0v) is 11.5. The Morgan fingerprint density at radius 1 is 1.07 bits per heavy atom. The SMILES string of the molecule is CNNS(=O)(=O)C(C)(C)C(C)(C)N(C)C. The van der Waals surface area contributed by atoms with E-state index in [0.717, 1.165) is 0 Å². The first-order valence-electron chi connectivity index (χ1n) is 4.86. The molecule has 92 valence electrons. The third-order valence-electron chi connectivity index (χ3n) is 3.50. The number of hydrogen-bond acceptors (Lipinski definition) is 4. The summed E-state index contributed by atoms with van der Waals surface area (Å²) in [4.78, 5) is 4.22. The largest absolute Gasteiger partial charge is 0.303 e. The average Bonchev–Trinajstić information content (AvgIpc) is 2.02. The van der Waals surface area contributed by atoms with E-state index in [1.165, 1.54) is 7.05 Å². The molecule has 0 atom stereocenters. The van der Waals surface area contributed by atoms with Gasteiger partial charge in [0, 0.05) is 5.54 Å². The molecule has 0 rings (SSSR count). The van der Waals surface area contributed by atoms with Crippen LogP contribution >= 0.6 is 0 Å². The molecule has 0 aromatic rings. The van der Waals surface area contributed by atoms with Crippen LogP contribution in [0.4, 0.5) is 0 Å². The zero-order valence-electron chi connectivity index (χ0n) is 10.7. The van der Waals surface area contributed by atoms with Crippen LogP contribution < -0.4 is 10.3 Å². The molecule has 0 unspecified atom stereocenters. The average molecular weight is 237 g/mol. The summed E-state index contributed by atoms with van der Waals surface area (Å²) in [5.41, 5.74) is 1.99. The fraction of sp³-hybridized carbons (Fsp3) is 1.00. The Morgan fingerprint density at radius 3 is 1.73 bits per heavy atom. The van der Waals surface area contributed by atoms with Crippen molar-refractivity contribution in [3.8, 4) is 0 Å². The van der Waals surface area contributed by atoms with Gasteiger partial charge in [0.2, 0.25) is 10.0 Å². The molecule has 0 spiro atoms. The molecular formula is C9H23N3O2S. The lowest BCUT2D eigenvalue weighted by Gasteiger charge is -2.45. The van der Waals surface area contributed by atoms with Gasteiger partial charge in [0.15, 0.2) is 0 Å². The second-order valence-corrected chi connectivity index (χ2v) is 7.05. The molecule has 0 aromatic carbocycles. The van der Waals surface area contributed by atoms with E-state index >= 15 is 0 Å². The van der Waals surface area contributed by atoms with Crippen LogP contribution in [-0.4, -0.2) is 44.7 Å². The molecule has 0 aliphatic carbocycles. The molecule has 6 heteroatoms. The van der Waals surface area contributed by atoms with Crippen molar-refractivity contribution in [2.24, 2.45) is 0 Å². The Bertz CT molecular complexity index is 307. The molecule has 0 amide bonds. The molecular weight excluding hydrogens is 214 g/mol. The molecule has 0 aliphatic heterocycles. The standard InChI is InChI=1S/C9H23N3O2S/c1-8(2,12(6)7)9(3,4)15(13,14)11-10-5/h10-11H,1-7H3. The van der Waals surface area contributed by atoms with Crippen molar-refractivity contribution in [2.45, 2.75) is 38.0 Å². The number of sulfonamides is 1. The van der Waals surface area contributed by atoms with Crippen LogP contribution in [0.1, 0.15) is 27.7 Å². The summed E-state index contributed by atoms with van der Waals surface area (Å²) in [6.45, 7) is 7.24. The lowest BCUT2D eigenvalue weighted by molar-refractivity contribution is 0.149. The van der Waals surface area contributed by atoms with Crippen LogP contribution in [0, 0.1) is 0 Å². The first-order valence-corrected chi connectivity index (χ1v) is 6.34. The molecule has 0 saturated carbocycles. The molecule has 0 bridgehead atoms. The molecule has 0 heterocycles. The first kappa shape index (κ1) is 14.8. The van der Waals surface area contributed by atoms with Crippen molar-refractivity contribution in [1.29, 1.82) is 0 Å². The Kier molecular flexibility index (Phi) is 4.32. The number of nitrogens with zero attached hydrogens (tertiary/aromatic N) is 1. The second kappa shape index (κ2) is 4.37. The second-order valence-electron chi connectivity index (χ2n) is 4.82. The normalized spacial score (nSPS) is 14.7. The summed E-state index contributed by atoms with van der Waals surface area (Å²) < 4.78 is 23.1. The maximum atomic E-state index is 12.0. The lowest BCUT2D eigenvalue weighted by atomic mass is 9.88. The van der Waals surface area contributed by atoms with E-state index in [0.29, 0.717) is 0 Å². The number of nitrogens with one attached hydrogen (secondary N) is 2. The monoisotopic (exact) mass is 237 g/mol. The maximum absolute atomic E-state index is 12.0. The molecule has 0 aliphatic rings. The molecule has 15 heavy (non-hydrogen) atoms. The van der Waals surface area contributed by atoms with Crippen LogP contribution in [0.2, 0.25) is 0 Å². The molecule has 0 fully saturated rings. The highest BCUT2D eigenvalue weighted by molar-refractivity contribution is 7.90. The minimum absolute atomic E-state index is 0.477. The summed E-state index contributed by atoms with van der Waals surface area (Å²) in [6.07, 6.45) is 0. The van der Waals surface area contributed by atoms with Gasteiger partial charge in [-0.05, 0) is 48.8 Å². The van der Waals surface area contributed by atoms with Gasteiger partial charge in [-0.1, -0.05) is 0 Å². The van der Waals surface area contributed by atoms with Gasteiger partial charge in [0.1, 0.15) is 0 Å². The maximum Gasteiger partial charge on any atom is 0.231 e. The third-order valence-corrected chi connectivity index (χ3v) is 5.82. The van der Waals surface area contributed by atoms with Crippen molar-refractivity contribution in [1.82, 2.24) is 15.2 Å². The van der Waals surface area contributed by atoms with E-state index in [4.69, 9.17) is 0 Å². The highest BCUT2D eigenvalue weighted by atomic mass is 32.2. The molecule has 2 N–H and O–H groups in total. The third kappa shape index (κ3) is 2.50. The van der Waals surface area contributed by atoms with Crippen LogP contribution in [-0.2, 0) is 10.0 Å². The van der Waals surface area contributed by atoms with Crippen molar-refractivity contribution in [3.63, 3.8) is 0 Å². The van der Waals surface area contributed by atoms with E-state index in [9.17, 15) is 8.42 Å². The lowest BCUT2D eigenvalue weighted by Crippen LogP contribution is -2.62. The summed E-state index contributed by atoms with van der Waals surface area (Å²) in [6, 6.07) is 0. The van der Waals surface area contributed by atoms with E-state index in [1.807, 2.05) is 32.8 Å². The Labute approximate surface area is 93.2 Å². The number of hydrogen-bond donors (Lipinski definition) is 2. The highest BCUT2D eigenvalue weighted by Crippen LogP contribution is 2.32. The molecule has 0 radical (unpaired) electrons. The summed E-state index contributed by atoms with van der Waals surface area (Å²) in [7, 11) is 1.87. The molecule has 0 aromatic heterocycles. The number of rotatable bonds is 5. The van der Waals surface area contributed by atoms with Crippen molar-refractivity contribution in [3.05, 3.63) is 0 Å². The van der Waals surface area contributed by atoms with Crippen LogP contribution in [0.25, 0.3) is 0 Å². The number of hydrazine groups is 1. The topological polar surface area (TPSA) is 61.4 Å². The minimum Gasteiger partial charge on any atom is -0.303 e. The van der Waals surface area contributed by atoms with Crippen molar-refractivity contribution in [2.75, 3.05) is 21.1 Å². The van der Waals surface area contributed by atoms with Gasteiger partial charge < -0.3 is 4.90 Å². The smallest absolute Gasteiger partial charge is 0.231 e. The first-order chi connectivity index (χ1) is 6.50. The van der Waals surface area contributed by atoms with Crippen LogP contribution in [0.15, 0.2) is 0 Å². The van der Waals surface area contributed by atoms with Gasteiger partial charge in [0.05, 0.1) is 4.75 Å². The molecule has 0 saturated heterocycles. The fourth-order valence-corrected chi connectivity index (χ4v) is 2.49. The summed E-state index contributed by atoms with van der Waals surface area (Å²) in [5.74, 6) is 0. The van der Waals surface area contributed by atoms with E-state index < -0.39 is 20.3 Å². The van der Waals surface area contributed by atoms with Gasteiger partial charge in [-0.3, -0.25) is 0 Å². The van der Waals surface area contributed by atoms with Crippen molar-refractivity contribution >= 4 is 10.0 Å². The van der Waals surface area contributed by atoms with E-state index in [-0.39, 0.29) is 0 Å². The van der Waals surface area contributed by atoms with Gasteiger partial charge in [0.25, 0.3) is 0 Å². The van der Waals surface area contributed by atoms with Gasteiger partial charge in [-0.2, -0.15) is 4.83 Å². The predicted octanol–water partition coefficient (Wildman–Crippen LogP) is 0.159. The Balaban J connectivity index is 5.31. The van der Waals surface area contributed by atoms with Crippen LogP contribution in [0.5, 0.6) is 0 Å². The fourth-order valence-electron chi connectivity index (χ4n) is 1.13. The molecule has 5 nitrogen and oxygen atoms in total. The zero-order chi connectivity index (χ0) is 12.5. The van der Waals surface area contributed by atoms with E-state index in [2.05, 4.69) is 10.3 Å². The highest BCUT2D eigenvalue weighted by Gasteiger charge is 2.48. The Hall–Kier alpha value is -0.170. The predicted molar refractivity (Wildman–Crippen MR) is 63.0 cm³/mol. The minimum atomic E-state index is -3.42. The summed E-state index contributed by atoms with van der Waals surface area (Å²) in [5, 5.41) is 0. The van der Waals surface area contributed by atoms with Gasteiger partial charge in [-0.15, -0.1) is 0 Å². The van der Waals surface area contributed by atoms with E-state index in [1.54, 1.807) is 13.8 Å². The van der Waals surface area contributed by atoms with Gasteiger partial charge >= 0.3 is 0 Å². The van der Waals surface area contributed by atoms with Crippen LogP contribution in [0.3, 0.4) is 0 Å². The van der Waals surface area contributed by atoms with Gasteiger partial charge in [-0.25, -0.2) is 13.8 Å². The quantitative estimate of drug-likeness (QED) is 0.669.